The van der Waals surface area contributed by atoms with Crippen molar-refractivity contribution in [3.05, 3.63) is 24.0 Å². The highest BCUT2D eigenvalue weighted by atomic mass is 79.9. The zero-order chi connectivity index (χ0) is 10.8. The van der Waals surface area contributed by atoms with Crippen molar-refractivity contribution in [1.82, 2.24) is 4.98 Å². The average molecular weight is 269 g/mol. The van der Waals surface area contributed by atoms with Crippen molar-refractivity contribution in [2.24, 2.45) is 5.92 Å². The molecular weight excluding hydrogens is 252 g/mol. The van der Waals surface area contributed by atoms with Crippen LogP contribution in [0, 0.1) is 12.8 Å². The summed E-state index contributed by atoms with van der Waals surface area (Å²) in [7, 11) is 0. The van der Waals surface area contributed by atoms with Gasteiger partial charge in [-0.25, -0.2) is 0 Å². The van der Waals surface area contributed by atoms with Crippen molar-refractivity contribution < 1.29 is 0 Å². The molecule has 2 unspecified atom stereocenters. The van der Waals surface area contributed by atoms with Gasteiger partial charge in [-0.05, 0) is 37.8 Å². The molecular formula is C12H17BrN2. The van der Waals surface area contributed by atoms with E-state index in [0.29, 0.717) is 6.04 Å². The minimum Gasteiger partial charge on any atom is -0.368 e. The Balaban J connectivity index is 2.22. The maximum atomic E-state index is 4.14. The SMILES string of the molecule is Cc1cnccc1N1CCC(CBr)C1C. The minimum atomic E-state index is 0.630. The lowest BCUT2D eigenvalue weighted by Gasteiger charge is -2.27. The molecule has 0 aromatic carbocycles. The third kappa shape index (κ3) is 2.03. The molecule has 0 saturated carbocycles. The summed E-state index contributed by atoms with van der Waals surface area (Å²) in [5.74, 6) is 0.776. The lowest BCUT2D eigenvalue weighted by molar-refractivity contribution is 0.558. The number of hydrogen-bond acceptors (Lipinski definition) is 2. The van der Waals surface area contributed by atoms with E-state index in [9.17, 15) is 0 Å². The molecule has 0 amide bonds. The Morgan fingerprint density at radius 1 is 1.60 bits per heavy atom. The normalized spacial score (nSPS) is 25.9. The predicted molar refractivity (Wildman–Crippen MR) is 67.7 cm³/mol. The van der Waals surface area contributed by atoms with Crippen LogP contribution >= 0.6 is 15.9 Å². The van der Waals surface area contributed by atoms with Gasteiger partial charge in [0.1, 0.15) is 0 Å². The smallest absolute Gasteiger partial charge is 0.0429 e. The maximum absolute atomic E-state index is 4.14. The molecule has 1 aliphatic rings. The largest absolute Gasteiger partial charge is 0.368 e. The number of pyridine rings is 1. The van der Waals surface area contributed by atoms with Gasteiger partial charge in [0.05, 0.1) is 0 Å². The molecule has 0 aliphatic carbocycles. The van der Waals surface area contributed by atoms with E-state index in [1.165, 1.54) is 24.2 Å². The number of rotatable bonds is 2. The van der Waals surface area contributed by atoms with Crippen LogP contribution in [0.3, 0.4) is 0 Å². The van der Waals surface area contributed by atoms with Gasteiger partial charge in [0.2, 0.25) is 0 Å². The molecule has 1 fully saturated rings. The van der Waals surface area contributed by atoms with Gasteiger partial charge in [-0.2, -0.15) is 0 Å². The van der Waals surface area contributed by atoms with Crippen LogP contribution < -0.4 is 4.90 Å². The Labute approximate surface area is 99.8 Å². The molecule has 2 heterocycles. The molecule has 2 rings (SSSR count). The monoisotopic (exact) mass is 268 g/mol. The van der Waals surface area contributed by atoms with Crippen LogP contribution in [-0.2, 0) is 0 Å². The predicted octanol–water partition coefficient (Wildman–Crippen LogP) is 3.00. The third-order valence-electron chi connectivity index (χ3n) is 3.41. The lowest BCUT2D eigenvalue weighted by atomic mass is 10.0. The van der Waals surface area contributed by atoms with Crippen molar-refractivity contribution in [3.63, 3.8) is 0 Å². The van der Waals surface area contributed by atoms with Gasteiger partial charge >= 0.3 is 0 Å². The van der Waals surface area contributed by atoms with Gasteiger partial charge in [0.15, 0.2) is 0 Å². The number of halogens is 1. The zero-order valence-electron chi connectivity index (χ0n) is 9.28. The van der Waals surface area contributed by atoms with Gasteiger partial charge in [0.25, 0.3) is 0 Å². The summed E-state index contributed by atoms with van der Waals surface area (Å²) in [6.07, 6.45) is 5.12. The highest BCUT2D eigenvalue weighted by Crippen LogP contribution is 2.31. The first kappa shape index (κ1) is 10.9. The molecule has 2 nitrogen and oxygen atoms in total. The molecule has 1 saturated heterocycles. The minimum absolute atomic E-state index is 0.630. The van der Waals surface area contributed by atoms with E-state index < -0.39 is 0 Å². The van der Waals surface area contributed by atoms with E-state index >= 15 is 0 Å². The van der Waals surface area contributed by atoms with Gasteiger partial charge in [0, 0.05) is 36.0 Å². The Bertz CT molecular complexity index is 340. The summed E-state index contributed by atoms with van der Waals surface area (Å²) in [5.41, 5.74) is 2.63. The zero-order valence-corrected chi connectivity index (χ0v) is 10.9. The summed E-state index contributed by atoms with van der Waals surface area (Å²) < 4.78 is 0. The van der Waals surface area contributed by atoms with Crippen LogP contribution in [0.2, 0.25) is 0 Å². The quantitative estimate of drug-likeness (QED) is 0.767. The molecule has 0 bridgehead atoms. The second-order valence-corrected chi connectivity index (χ2v) is 4.95. The van der Waals surface area contributed by atoms with Crippen molar-refractivity contribution >= 4 is 21.6 Å². The molecule has 3 heteroatoms. The summed E-state index contributed by atoms with van der Waals surface area (Å²) in [6, 6.07) is 2.76. The summed E-state index contributed by atoms with van der Waals surface area (Å²) >= 11 is 3.60. The van der Waals surface area contributed by atoms with Crippen LogP contribution in [0.5, 0.6) is 0 Å². The van der Waals surface area contributed by atoms with Crippen molar-refractivity contribution in [1.29, 1.82) is 0 Å². The first-order chi connectivity index (χ1) is 7.24. The van der Waals surface area contributed by atoms with E-state index in [1.807, 2.05) is 12.4 Å². The fourth-order valence-corrected chi connectivity index (χ4v) is 3.20. The van der Waals surface area contributed by atoms with E-state index in [4.69, 9.17) is 0 Å². The maximum Gasteiger partial charge on any atom is 0.0429 e. The number of hydrogen-bond donors (Lipinski definition) is 0. The van der Waals surface area contributed by atoms with Crippen molar-refractivity contribution in [3.8, 4) is 0 Å². The molecule has 1 aromatic heterocycles. The summed E-state index contributed by atoms with van der Waals surface area (Å²) in [6.45, 7) is 5.62. The summed E-state index contributed by atoms with van der Waals surface area (Å²) in [4.78, 5) is 6.65. The second kappa shape index (κ2) is 4.52. The number of alkyl halides is 1. The van der Waals surface area contributed by atoms with Gasteiger partial charge in [-0.1, -0.05) is 15.9 Å². The second-order valence-electron chi connectivity index (χ2n) is 4.30. The van der Waals surface area contributed by atoms with Crippen LogP contribution in [0.1, 0.15) is 18.9 Å². The number of nitrogens with zero attached hydrogens (tertiary/aromatic N) is 2. The van der Waals surface area contributed by atoms with Crippen molar-refractivity contribution in [2.75, 3.05) is 16.8 Å². The molecule has 1 aliphatic heterocycles. The first-order valence-corrected chi connectivity index (χ1v) is 6.59. The van der Waals surface area contributed by atoms with Gasteiger partial charge < -0.3 is 4.90 Å². The Morgan fingerprint density at radius 3 is 3.00 bits per heavy atom. The number of aromatic nitrogens is 1. The summed E-state index contributed by atoms with van der Waals surface area (Å²) in [5, 5.41) is 1.11. The van der Waals surface area contributed by atoms with Crippen molar-refractivity contribution in [2.45, 2.75) is 26.3 Å². The highest BCUT2D eigenvalue weighted by molar-refractivity contribution is 9.09. The van der Waals surface area contributed by atoms with Gasteiger partial charge in [-0.15, -0.1) is 0 Å². The Hall–Kier alpha value is -0.570. The number of anilines is 1. The van der Waals surface area contributed by atoms with Crippen LogP contribution in [-0.4, -0.2) is 22.9 Å². The van der Waals surface area contributed by atoms with Crippen LogP contribution in [0.4, 0.5) is 5.69 Å². The van der Waals surface area contributed by atoms with E-state index in [1.54, 1.807) is 0 Å². The molecule has 15 heavy (non-hydrogen) atoms. The van der Waals surface area contributed by atoms with Crippen LogP contribution in [0.25, 0.3) is 0 Å². The fourth-order valence-electron chi connectivity index (χ4n) is 2.34. The van der Waals surface area contributed by atoms with Gasteiger partial charge in [-0.3, -0.25) is 4.98 Å². The standard InChI is InChI=1S/C12H17BrN2/c1-9-8-14-5-3-12(9)15-6-4-11(7-13)10(15)2/h3,5,8,10-11H,4,6-7H2,1-2H3. The molecule has 0 radical (unpaired) electrons. The molecule has 2 atom stereocenters. The van der Waals surface area contributed by atoms with E-state index in [-0.39, 0.29) is 0 Å². The molecule has 0 spiro atoms. The molecule has 1 aromatic rings. The molecule has 82 valence electrons. The fraction of sp³-hybridized carbons (Fsp3) is 0.583. The third-order valence-corrected chi connectivity index (χ3v) is 4.24. The average Bonchev–Trinajstić information content (AvgIpc) is 2.60. The topological polar surface area (TPSA) is 16.1 Å². The van der Waals surface area contributed by atoms with Crippen LogP contribution in [0.15, 0.2) is 18.5 Å². The first-order valence-electron chi connectivity index (χ1n) is 5.47. The number of aryl methyl sites for hydroxylation is 1. The lowest BCUT2D eigenvalue weighted by Crippen LogP contribution is -2.30. The Morgan fingerprint density at radius 2 is 2.40 bits per heavy atom. The van der Waals surface area contributed by atoms with E-state index in [2.05, 4.69) is 45.7 Å². The highest BCUT2D eigenvalue weighted by Gasteiger charge is 2.30. The molecule has 0 N–H and O–H groups in total. The Kier molecular flexibility index (Phi) is 3.29. The van der Waals surface area contributed by atoms with E-state index in [0.717, 1.165) is 11.2 Å².